The summed E-state index contributed by atoms with van der Waals surface area (Å²) in [6, 6.07) is 0. The molecule has 5 atom stereocenters. The van der Waals surface area contributed by atoms with Gasteiger partial charge in [-0.25, -0.2) is 0 Å². The van der Waals surface area contributed by atoms with Gasteiger partial charge < -0.3 is 15.3 Å². The smallest absolute Gasteiger partial charge is 0.157 e. The SMILES string of the molecule is CC(C)C1CCC2=C(CCC3C2(C)CCCC3(C)C(O)O)C1O. The maximum Gasteiger partial charge on any atom is 0.157 e. The van der Waals surface area contributed by atoms with E-state index < -0.39 is 11.7 Å². The molecular formula is C20H34O3. The van der Waals surface area contributed by atoms with E-state index in [0.717, 1.165) is 44.9 Å². The Morgan fingerprint density at radius 3 is 2.35 bits per heavy atom. The second-order valence-corrected chi connectivity index (χ2v) is 9.14. The van der Waals surface area contributed by atoms with Gasteiger partial charge in [0.2, 0.25) is 0 Å². The van der Waals surface area contributed by atoms with Crippen LogP contribution in [0.15, 0.2) is 11.1 Å². The molecule has 3 heteroatoms. The summed E-state index contributed by atoms with van der Waals surface area (Å²) < 4.78 is 0. The van der Waals surface area contributed by atoms with Crippen molar-refractivity contribution in [3.63, 3.8) is 0 Å². The normalized spacial score (nSPS) is 44.5. The zero-order valence-electron chi connectivity index (χ0n) is 15.2. The Morgan fingerprint density at radius 1 is 1.04 bits per heavy atom. The van der Waals surface area contributed by atoms with Gasteiger partial charge in [-0.15, -0.1) is 0 Å². The fraction of sp³-hybridized carbons (Fsp3) is 0.900. The standard InChI is InChI=1S/C20H34O3/c1-12(2)13-6-8-15-14(17(13)21)7-9-16-19(15,3)10-5-11-20(16,4)18(22)23/h12-13,16-18,21-23H,5-11H2,1-4H3. The lowest BCUT2D eigenvalue weighted by Crippen LogP contribution is -2.53. The van der Waals surface area contributed by atoms with Crippen LogP contribution in [0.25, 0.3) is 0 Å². The third kappa shape index (κ3) is 2.51. The number of aliphatic hydroxyl groups is 3. The largest absolute Gasteiger partial charge is 0.388 e. The highest BCUT2D eigenvalue weighted by Crippen LogP contribution is 2.62. The van der Waals surface area contributed by atoms with E-state index >= 15 is 0 Å². The molecule has 0 aliphatic heterocycles. The van der Waals surface area contributed by atoms with Crippen LogP contribution in [0.5, 0.6) is 0 Å². The van der Waals surface area contributed by atoms with Crippen LogP contribution in [0, 0.1) is 28.6 Å². The van der Waals surface area contributed by atoms with Crippen LogP contribution >= 0.6 is 0 Å². The van der Waals surface area contributed by atoms with Crippen molar-refractivity contribution in [1.82, 2.24) is 0 Å². The van der Waals surface area contributed by atoms with E-state index in [2.05, 4.69) is 27.7 Å². The minimum Gasteiger partial charge on any atom is -0.388 e. The summed E-state index contributed by atoms with van der Waals surface area (Å²) in [5.74, 6) is 1.21. The average Bonchev–Trinajstić information content (AvgIpc) is 2.47. The molecule has 132 valence electrons. The fourth-order valence-corrected chi connectivity index (χ4v) is 6.25. The molecule has 0 spiro atoms. The Balaban J connectivity index is 1.99. The molecule has 3 aliphatic carbocycles. The minimum atomic E-state index is -1.24. The van der Waals surface area contributed by atoms with Gasteiger partial charge >= 0.3 is 0 Å². The maximum absolute atomic E-state index is 10.9. The molecule has 0 radical (unpaired) electrons. The second kappa shape index (κ2) is 5.86. The van der Waals surface area contributed by atoms with Crippen LogP contribution in [0.4, 0.5) is 0 Å². The molecule has 3 N–H and O–H groups in total. The van der Waals surface area contributed by atoms with Gasteiger partial charge in [-0.2, -0.15) is 0 Å². The quantitative estimate of drug-likeness (QED) is 0.537. The van der Waals surface area contributed by atoms with E-state index in [-0.39, 0.29) is 11.5 Å². The predicted molar refractivity (Wildman–Crippen MR) is 91.6 cm³/mol. The summed E-state index contributed by atoms with van der Waals surface area (Å²) in [7, 11) is 0. The number of hydrogen-bond acceptors (Lipinski definition) is 3. The molecule has 3 rings (SSSR count). The molecule has 0 heterocycles. The number of rotatable bonds is 2. The molecule has 3 nitrogen and oxygen atoms in total. The lowest BCUT2D eigenvalue weighted by Gasteiger charge is -2.58. The molecule has 0 saturated heterocycles. The Labute approximate surface area is 140 Å². The third-order valence-corrected chi connectivity index (χ3v) is 7.69. The van der Waals surface area contributed by atoms with Gasteiger partial charge in [0.15, 0.2) is 6.29 Å². The van der Waals surface area contributed by atoms with Crippen LogP contribution in [0.3, 0.4) is 0 Å². The summed E-state index contributed by atoms with van der Waals surface area (Å²) in [5.41, 5.74) is 2.38. The van der Waals surface area contributed by atoms with Crippen molar-refractivity contribution >= 4 is 0 Å². The van der Waals surface area contributed by atoms with Crippen molar-refractivity contribution < 1.29 is 15.3 Å². The van der Waals surface area contributed by atoms with E-state index in [0.29, 0.717) is 17.8 Å². The number of aliphatic hydroxyl groups excluding tert-OH is 2. The molecule has 0 aromatic carbocycles. The molecule has 0 aromatic rings. The topological polar surface area (TPSA) is 60.7 Å². The monoisotopic (exact) mass is 322 g/mol. The Morgan fingerprint density at radius 2 is 1.74 bits per heavy atom. The molecule has 0 aromatic heterocycles. The zero-order chi connectivity index (χ0) is 17.0. The first kappa shape index (κ1) is 17.4. The summed E-state index contributed by atoms with van der Waals surface area (Å²) >= 11 is 0. The van der Waals surface area contributed by atoms with Crippen molar-refractivity contribution in [2.45, 2.75) is 85.0 Å². The lowest BCUT2D eigenvalue weighted by molar-refractivity contribution is -0.187. The van der Waals surface area contributed by atoms with Crippen LogP contribution in [0.1, 0.15) is 72.6 Å². The van der Waals surface area contributed by atoms with Crippen LogP contribution in [0.2, 0.25) is 0 Å². The van der Waals surface area contributed by atoms with Gasteiger partial charge in [0, 0.05) is 5.41 Å². The first-order valence-electron chi connectivity index (χ1n) is 9.48. The third-order valence-electron chi connectivity index (χ3n) is 7.69. The molecule has 23 heavy (non-hydrogen) atoms. The molecule has 5 unspecified atom stereocenters. The van der Waals surface area contributed by atoms with Crippen molar-refractivity contribution in [3.05, 3.63) is 11.1 Å². The summed E-state index contributed by atoms with van der Waals surface area (Å²) in [6.07, 6.45) is 5.59. The molecule has 1 saturated carbocycles. The number of hydrogen-bond donors (Lipinski definition) is 3. The van der Waals surface area contributed by atoms with Crippen molar-refractivity contribution in [1.29, 1.82) is 0 Å². The highest BCUT2D eigenvalue weighted by Gasteiger charge is 2.56. The van der Waals surface area contributed by atoms with Gasteiger partial charge in [-0.1, -0.05) is 39.7 Å². The van der Waals surface area contributed by atoms with Gasteiger partial charge in [0.1, 0.15) is 0 Å². The number of allylic oxidation sites excluding steroid dienone is 1. The van der Waals surface area contributed by atoms with Crippen LogP contribution in [-0.2, 0) is 0 Å². The average molecular weight is 322 g/mol. The van der Waals surface area contributed by atoms with E-state index in [1.54, 1.807) is 0 Å². The van der Waals surface area contributed by atoms with E-state index in [9.17, 15) is 15.3 Å². The summed E-state index contributed by atoms with van der Waals surface area (Å²) in [6.45, 7) is 8.81. The molecular weight excluding hydrogens is 288 g/mol. The zero-order valence-corrected chi connectivity index (χ0v) is 15.2. The van der Waals surface area contributed by atoms with Gasteiger partial charge in [0.25, 0.3) is 0 Å². The van der Waals surface area contributed by atoms with Gasteiger partial charge in [-0.3, -0.25) is 0 Å². The second-order valence-electron chi connectivity index (χ2n) is 9.14. The van der Waals surface area contributed by atoms with E-state index in [1.165, 1.54) is 11.1 Å². The highest BCUT2D eigenvalue weighted by atomic mass is 16.5. The summed E-state index contributed by atoms with van der Waals surface area (Å²) in [5, 5.41) is 31.0. The fourth-order valence-electron chi connectivity index (χ4n) is 6.25. The van der Waals surface area contributed by atoms with Crippen molar-refractivity contribution in [2.75, 3.05) is 0 Å². The van der Waals surface area contributed by atoms with Gasteiger partial charge in [0.05, 0.1) is 6.10 Å². The Hall–Kier alpha value is -0.380. The van der Waals surface area contributed by atoms with Crippen molar-refractivity contribution in [2.24, 2.45) is 28.6 Å². The predicted octanol–water partition coefficient (Wildman–Crippen LogP) is 3.63. The highest BCUT2D eigenvalue weighted by molar-refractivity contribution is 5.33. The molecule has 0 amide bonds. The summed E-state index contributed by atoms with van der Waals surface area (Å²) in [4.78, 5) is 0. The first-order chi connectivity index (χ1) is 10.7. The molecule has 0 bridgehead atoms. The van der Waals surface area contributed by atoms with E-state index in [4.69, 9.17) is 0 Å². The van der Waals surface area contributed by atoms with Crippen LogP contribution < -0.4 is 0 Å². The molecule has 1 fully saturated rings. The van der Waals surface area contributed by atoms with E-state index in [1.807, 2.05) is 0 Å². The lowest BCUT2D eigenvalue weighted by atomic mass is 9.47. The molecule has 3 aliphatic rings. The number of fused-ring (bicyclic) bond motifs is 2. The van der Waals surface area contributed by atoms with Gasteiger partial charge in [-0.05, 0) is 67.3 Å². The Kier molecular flexibility index (Phi) is 4.44. The van der Waals surface area contributed by atoms with Crippen molar-refractivity contribution in [3.8, 4) is 0 Å². The minimum absolute atomic E-state index is 0.0349. The maximum atomic E-state index is 10.9. The van der Waals surface area contributed by atoms with Crippen LogP contribution in [-0.4, -0.2) is 27.7 Å². The first-order valence-corrected chi connectivity index (χ1v) is 9.48. The Bertz CT molecular complexity index is 495.